The molecule has 0 bridgehead atoms. The lowest BCUT2D eigenvalue weighted by Gasteiger charge is -2.37. The highest BCUT2D eigenvalue weighted by atomic mass is 16.1. The van der Waals surface area contributed by atoms with E-state index in [1.165, 1.54) is 32.4 Å². The van der Waals surface area contributed by atoms with Crippen molar-refractivity contribution in [1.82, 2.24) is 19.8 Å². The van der Waals surface area contributed by atoms with Crippen LogP contribution in [0.3, 0.4) is 0 Å². The summed E-state index contributed by atoms with van der Waals surface area (Å²) in [5, 5.41) is 3.81. The van der Waals surface area contributed by atoms with Gasteiger partial charge in [-0.1, -0.05) is 0 Å². The van der Waals surface area contributed by atoms with Gasteiger partial charge >= 0.3 is 0 Å². The normalized spacial score (nSPS) is 24.6. The fourth-order valence-electron chi connectivity index (χ4n) is 3.52. The number of hydrogen-bond acceptors (Lipinski definition) is 5. The SMILES string of the molecule is CN1CCC(N[C@H]2CCCN(c3nccn(C)c3=O)C2)CC1. The Morgan fingerprint density at radius 1 is 1.14 bits per heavy atom. The minimum atomic E-state index is 0.00226. The summed E-state index contributed by atoms with van der Waals surface area (Å²) in [6.45, 7) is 4.17. The topological polar surface area (TPSA) is 53.4 Å². The van der Waals surface area contributed by atoms with Crippen LogP contribution < -0.4 is 15.8 Å². The molecule has 22 heavy (non-hydrogen) atoms. The minimum absolute atomic E-state index is 0.00226. The maximum Gasteiger partial charge on any atom is 0.293 e. The molecule has 2 fully saturated rings. The first-order chi connectivity index (χ1) is 10.6. The largest absolute Gasteiger partial charge is 0.350 e. The summed E-state index contributed by atoms with van der Waals surface area (Å²) in [6, 6.07) is 1.08. The van der Waals surface area contributed by atoms with E-state index >= 15 is 0 Å². The fraction of sp³-hybridized carbons (Fsp3) is 0.750. The van der Waals surface area contributed by atoms with Crippen LogP contribution in [0.5, 0.6) is 0 Å². The Morgan fingerprint density at radius 2 is 1.91 bits per heavy atom. The molecule has 0 spiro atoms. The van der Waals surface area contributed by atoms with Crippen LogP contribution in [0.15, 0.2) is 17.2 Å². The zero-order valence-electron chi connectivity index (χ0n) is 13.7. The van der Waals surface area contributed by atoms with Gasteiger partial charge in [-0.25, -0.2) is 4.98 Å². The van der Waals surface area contributed by atoms with Gasteiger partial charge in [0.1, 0.15) is 0 Å². The van der Waals surface area contributed by atoms with E-state index in [-0.39, 0.29) is 5.56 Å². The lowest BCUT2D eigenvalue weighted by atomic mass is 10.0. The molecule has 6 heteroatoms. The molecule has 2 aliphatic heterocycles. The molecule has 1 atom stereocenters. The summed E-state index contributed by atoms with van der Waals surface area (Å²) in [4.78, 5) is 21.1. The summed E-state index contributed by atoms with van der Waals surface area (Å²) in [7, 11) is 3.97. The number of nitrogens with one attached hydrogen (secondary N) is 1. The molecule has 0 aliphatic carbocycles. The zero-order valence-corrected chi connectivity index (χ0v) is 13.7. The third kappa shape index (κ3) is 3.50. The van der Waals surface area contributed by atoms with Crippen LogP contribution in [0, 0.1) is 0 Å². The van der Waals surface area contributed by atoms with E-state index in [1.807, 2.05) is 0 Å². The Balaban J connectivity index is 1.62. The van der Waals surface area contributed by atoms with E-state index in [0.717, 1.165) is 19.5 Å². The fourth-order valence-corrected chi connectivity index (χ4v) is 3.52. The molecule has 3 heterocycles. The molecule has 3 rings (SSSR count). The lowest BCUT2D eigenvalue weighted by Crippen LogP contribution is -2.52. The number of aromatic nitrogens is 2. The smallest absolute Gasteiger partial charge is 0.293 e. The van der Waals surface area contributed by atoms with E-state index in [0.29, 0.717) is 17.9 Å². The van der Waals surface area contributed by atoms with E-state index < -0.39 is 0 Å². The van der Waals surface area contributed by atoms with Crippen LogP contribution in [0.4, 0.5) is 5.82 Å². The van der Waals surface area contributed by atoms with Crippen LogP contribution in [0.1, 0.15) is 25.7 Å². The summed E-state index contributed by atoms with van der Waals surface area (Å²) in [5.41, 5.74) is 0.00226. The van der Waals surface area contributed by atoms with E-state index in [2.05, 4.69) is 27.1 Å². The Bertz CT molecular complexity index is 550. The molecule has 6 nitrogen and oxygen atoms in total. The number of hydrogen-bond donors (Lipinski definition) is 1. The quantitative estimate of drug-likeness (QED) is 0.878. The van der Waals surface area contributed by atoms with Crippen LogP contribution in [-0.4, -0.2) is 59.8 Å². The van der Waals surface area contributed by atoms with Gasteiger partial charge in [0.05, 0.1) is 0 Å². The van der Waals surface area contributed by atoms with Crippen molar-refractivity contribution in [2.45, 2.75) is 37.8 Å². The first kappa shape index (κ1) is 15.5. The number of aryl methyl sites for hydroxylation is 1. The number of rotatable bonds is 3. The van der Waals surface area contributed by atoms with Crippen molar-refractivity contribution in [1.29, 1.82) is 0 Å². The second kappa shape index (κ2) is 6.79. The van der Waals surface area contributed by atoms with Crippen molar-refractivity contribution in [3.05, 3.63) is 22.7 Å². The molecule has 1 aromatic heterocycles. The third-order valence-electron chi connectivity index (χ3n) is 4.91. The van der Waals surface area contributed by atoms with Gasteiger partial charge in [0, 0.05) is 44.6 Å². The van der Waals surface area contributed by atoms with Gasteiger partial charge in [-0.3, -0.25) is 4.79 Å². The highest BCUT2D eigenvalue weighted by Crippen LogP contribution is 2.17. The predicted octanol–water partition coefficient (Wildman–Crippen LogP) is 0.433. The van der Waals surface area contributed by atoms with Gasteiger partial charge in [-0.2, -0.15) is 0 Å². The molecule has 1 N–H and O–H groups in total. The van der Waals surface area contributed by atoms with Crippen LogP contribution >= 0.6 is 0 Å². The van der Waals surface area contributed by atoms with Crippen molar-refractivity contribution in [2.24, 2.45) is 7.05 Å². The van der Waals surface area contributed by atoms with Crippen LogP contribution in [0.2, 0.25) is 0 Å². The van der Waals surface area contributed by atoms with Crippen molar-refractivity contribution in [3.63, 3.8) is 0 Å². The second-order valence-corrected chi connectivity index (χ2v) is 6.70. The maximum absolute atomic E-state index is 12.2. The Kier molecular flexibility index (Phi) is 4.78. The summed E-state index contributed by atoms with van der Waals surface area (Å²) in [6.07, 6.45) is 8.17. The molecule has 0 radical (unpaired) electrons. The number of likely N-dealkylation sites (tertiary alicyclic amines) is 1. The van der Waals surface area contributed by atoms with Crippen molar-refractivity contribution < 1.29 is 0 Å². The Morgan fingerprint density at radius 3 is 2.68 bits per heavy atom. The van der Waals surface area contributed by atoms with Gasteiger partial charge in [0.2, 0.25) is 0 Å². The van der Waals surface area contributed by atoms with Crippen molar-refractivity contribution in [2.75, 3.05) is 38.1 Å². The van der Waals surface area contributed by atoms with Gasteiger partial charge in [0.25, 0.3) is 5.56 Å². The third-order valence-corrected chi connectivity index (χ3v) is 4.91. The first-order valence-corrected chi connectivity index (χ1v) is 8.34. The maximum atomic E-state index is 12.2. The van der Waals surface area contributed by atoms with Crippen LogP contribution in [-0.2, 0) is 7.05 Å². The molecule has 0 amide bonds. The van der Waals surface area contributed by atoms with Gasteiger partial charge in [0.15, 0.2) is 5.82 Å². The molecular formula is C16H27N5O. The Labute approximate surface area is 132 Å². The summed E-state index contributed by atoms with van der Waals surface area (Å²) >= 11 is 0. The number of nitrogens with zero attached hydrogens (tertiary/aromatic N) is 4. The molecule has 122 valence electrons. The van der Waals surface area contributed by atoms with Crippen molar-refractivity contribution in [3.8, 4) is 0 Å². The average Bonchev–Trinajstić information content (AvgIpc) is 2.53. The van der Waals surface area contributed by atoms with E-state index in [4.69, 9.17) is 0 Å². The van der Waals surface area contributed by atoms with Gasteiger partial charge in [-0.05, 0) is 45.8 Å². The molecule has 1 aromatic rings. The van der Waals surface area contributed by atoms with Gasteiger partial charge < -0.3 is 19.7 Å². The first-order valence-electron chi connectivity index (χ1n) is 8.34. The molecule has 2 saturated heterocycles. The van der Waals surface area contributed by atoms with Gasteiger partial charge in [-0.15, -0.1) is 0 Å². The highest BCUT2D eigenvalue weighted by molar-refractivity contribution is 5.36. The summed E-state index contributed by atoms with van der Waals surface area (Å²) < 4.78 is 1.61. The van der Waals surface area contributed by atoms with E-state index in [9.17, 15) is 4.79 Å². The number of piperidine rings is 2. The van der Waals surface area contributed by atoms with E-state index in [1.54, 1.807) is 24.0 Å². The van der Waals surface area contributed by atoms with Crippen molar-refractivity contribution >= 4 is 5.82 Å². The predicted molar refractivity (Wildman–Crippen MR) is 88.4 cm³/mol. The highest BCUT2D eigenvalue weighted by Gasteiger charge is 2.26. The molecule has 0 unspecified atom stereocenters. The number of anilines is 1. The minimum Gasteiger partial charge on any atom is -0.350 e. The second-order valence-electron chi connectivity index (χ2n) is 6.70. The summed E-state index contributed by atoms with van der Waals surface area (Å²) in [5.74, 6) is 0.597. The molecule has 0 aromatic carbocycles. The molecular weight excluding hydrogens is 278 g/mol. The molecule has 2 aliphatic rings. The monoisotopic (exact) mass is 305 g/mol. The zero-order chi connectivity index (χ0) is 15.5. The standard InChI is InChI=1S/C16H27N5O/c1-19-9-5-13(6-10-19)18-14-4-3-8-21(12-14)15-16(22)20(2)11-7-17-15/h7,11,13-14,18H,3-6,8-10,12H2,1-2H3/t14-/m0/s1. The lowest BCUT2D eigenvalue weighted by molar-refractivity contribution is 0.219. The average molecular weight is 305 g/mol. The molecule has 0 saturated carbocycles. The van der Waals surface area contributed by atoms with Crippen LogP contribution in [0.25, 0.3) is 0 Å². The Hall–Kier alpha value is -1.40.